The van der Waals surface area contributed by atoms with Crippen LogP contribution in [0.25, 0.3) is 0 Å². The summed E-state index contributed by atoms with van der Waals surface area (Å²) < 4.78 is 5.23. The minimum absolute atomic E-state index is 0.00843. The second-order valence-corrected chi connectivity index (χ2v) is 4.88. The molecule has 2 heterocycles. The second-order valence-electron chi connectivity index (χ2n) is 4.32. The van der Waals surface area contributed by atoms with E-state index in [0.29, 0.717) is 38.2 Å². The molecule has 2 rings (SSSR count). The molecule has 5 nitrogen and oxygen atoms in total. The van der Waals surface area contributed by atoms with Gasteiger partial charge in [0.25, 0.3) is 0 Å². The number of rotatable bonds is 2. The van der Waals surface area contributed by atoms with Crippen LogP contribution < -0.4 is 0 Å². The van der Waals surface area contributed by atoms with E-state index in [2.05, 4.69) is 15.9 Å². The maximum absolute atomic E-state index is 12.3. The van der Waals surface area contributed by atoms with Crippen LogP contribution in [0.4, 0.5) is 0 Å². The summed E-state index contributed by atoms with van der Waals surface area (Å²) in [6, 6.07) is -0.252. The number of alkyl halides is 1. The minimum Gasteiger partial charge on any atom is -0.378 e. The number of ether oxygens (including phenoxy) is 1. The first-order valence-corrected chi connectivity index (χ1v) is 7.08. The van der Waals surface area contributed by atoms with Crippen LogP contribution in [0.2, 0.25) is 0 Å². The van der Waals surface area contributed by atoms with E-state index < -0.39 is 0 Å². The molecule has 0 N–H and O–H groups in total. The lowest BCUT2D eigenvalue weighted by atomic mass is 10.2. The van der Waals surface area contributed by atoms with Crippen LogP contribution in [0.1, 0.15) is 12.8 Å². The third kappa shape index (κ3) is 2.80. The van der Waals surface area contributed by atoms with Crippen molar-refractivity contribution in [2.45, 2.75) is 18.9 Å². The van der Waals surface area contributed by atoms with E-state index in [1.165, 1.54) is 0 Å². The van der Waals surface area contributed by atoms with Gasteiger partial charge >= 0.3 is 0 Å². The Morgan fingerprint density at radius 1 is 1.24 bits per heavy atom. The SMILES string of the molecule is O=C([C@H]1CCCN1C(=O)CBr)N1CCOCC1. The monoisotopic (exact) mass is 304 g/mol. The van der Waals surface area contributed by atoms with Crippen LogP contribution in [0.5, 0.6) is 0 Å². The third-order valence-electron chi connectivity index (χ3n) is 3.30. The molecular weight excluding hydrogens is 288 g/mol. The number of amides is 2. The van der Waals surface area contributed by atoms with Crippen molar-refractivity contribution in [1.82, 2.24) is 9.80 Å². The zero-order chi connectivity index (χ0) is 12.3. The van der Waals surface area contributed by atoms with Gasteiger partial charge in [0.1, 0.15) is 6.04 Å². The van der Waals surface area contributed by atoms with Crippen molar-refractivity contribution < 1.29 is 14.3 Å². The number of likely N-dealkylation sites (tertiary alicyclic amines) is 1. The topological polar surface area (TPSA) is 49.9 Å². The zero-order valence-electron chi connectivity index (χ0n) is 9.73. The van der Waals surface area contributed by atoms with E-state index in [1.807, 2.05) is 4.90 Å². The Balaban J connectivity index is 1.99. The normalized spacial score (nSPS) is 25.1. The van der Waals surface area contributed by atoms with Crippen LogP contribution in [-0.4, -0.2) is 65.8 Å². The molecule has 6 heteroatoms. The maximum Gasteiger partial charge on any atom is 0.245 e. The lowest BCUT2D eigenvalue weighted by molar-refractivity contribution is -0.145. The number of nitrogens with zero attached hydrogens (tertiary/aromatic N) is 2. The predicted molar refractivity (Wildman–Crippen MR) is 65.9 cm³/mol. The van der Waals surface area contributed by atoms with Crippen LogP contribution in [0.3, 0.4) is 0 Å². The van der Waals surface area contributed by atoms with Gasteiger partial charge in [-0.3, -0.25) is 9.59 Å². The molecule has 0 radical (unpaired) electrons. The van der Waals surface area contributed by atoms with Crippen molar-refractivity contribution >= 4 is 27.7 Å². The van der Waals surface area contributed by atoms with E-state index in [1.54, 1.807) is 4.90 Å². The molecule has 2 saturated heterocycles. The van der Waals surface area contributed by atoms with Crippen LogP contribution in [-0.2, 0) is 14.3 Å². The summed E-state index contributed by atoms with van der Waals surface area (Å²) in [6.45, 7) is 3.19. The van der Waals surface area contributed by atoms with Crippen molar-refractivity contribution in [1.29, 1.82) is 0 Å². The summed E-state index contributed by atoms with van der Waals surface area (Å²) >= 11 is 3.16. The van der Waals surface area contributed by atoms with E-state index in [-0.39, 0.29) is 17.9 Å². The number of carbonyl (C=O) groups is 2. The highest BCUT2D eigenvalue weighted by atomic mass is 79.9. The van der Waals surface area contributed by atoms with Gasteiger partial charge in [0.05, 0.1) is 18.5 Å². The Bertz CT molecular complexity index is 305. The van der Waals surface area contributed by atoms with Gasteiger partial charge in [0.15, 0.2) is 0 Å². The van der Waals surface area contributed by atoms with Gasteiger partial charge in [-0.15, -0.1) is 0 Å². The molecule has 0 aromatic rings. The van der Waals surface area contributed by atoms with Gasteiger partial charge in [-0.2, -0.15) is 0 Å². The second kappa shape index (κ2) is 5.82. The van der Waals surface area contributed by atoms with Crippen LogP contribution in [0, 0.1) is 0 Å². The third-order valence-corrected chi connectivity index (χ3v) is 3.77. The lowest BCUT2D eigenvalue weighted by Gasteiger charge is -2.32. The number of hydrogen-bond donors (Lipinski definition) is 0. The average Bonchev–Trinajstić information content (AvgIpc) is 2.87. The average molecular weight is 305 g/mol. The van der Waals surface area contributed by atoms with E-state index in [4.69, 9.17) is 4.74 Å². The Labute approximate surface area is 109 Å². The number of hydrogen-bond acceptors (Lipinski definition) is 3. The quantitative estimate of drug-likeness (QED) is 0.686. The predicted octanol–water partition coefficient (Wildman–Crippen LogP) is 0.231. The van der Waals surface area contributed by atoms with Gasteiger partial charge in [0.2, 0.25) is 11.8 Å². The molecule has 0 spiro atoms. The molecule has 2 fully saturated rings. The van der Waals surface area contributed by atoms with E-state index in [9.17, 15) is 9.59 Å². The molecular formula is C11H17BrN2O3. The fourth-order valence-corrected chi connectivity index (χ4v) is 2.72. The molecule has 17 heavy (non-hydrogen) atoms. The number of morpholine rings is 1. The van der Waals surface area contributed by atoms with Crippen LogP contribution >= 0.6 is 15.9 Å². The molecule has 1 atom stereocenters. The van der Waals surface area contributed by atoms with Crippen molar-refractivity contribution in [3.05, 3.63) is 0 Å². The lowest BCUT2D eigenvalue weighted by Crippen LogP contribution is -2.51. The van der Waals surface area contributed by atoms with Crippen molar-refractivity contribution in [2.75, 3.05) is 38.2 Å². The highest BCUT2D eigenvalue weighted by Crippen LogP contribution is 2.20. The summed E-state index contributed by atoms with van der Waals surface area (Å²) in [5.41, 5.74) is 0. The number of carbonyl (C=O) groups excluding carboxylic acids is 2. The molecule has 0 aromatic carbocycles. The molecule has 2 aliphatic heterocycles. The molecule has 0 aliphatic carbocycles. The highest BCUT2D eigenvalue weighted by molar-refractivity contribution is 9.09. The van der Waals surface area contributed by atoms with Crippen LogP contribution in [0.15, 0.2) is 0 Å². The van der Waals surface area contributed by atoms with E-state index >= 15 is 0 Å². The van der Waals surface area contributed by atoms with Gasteiger partial charge in [-0.25, -0.2) is 0 Å². The summed E-state index contributed by atoms with van der Waals surface area (Å²) in [7, 11) is 0. The Morgan fingerprint density at radius 3 is 2.59 bits per heavy atom. The molecule has 2 aliphatic rings. The molecule has 0 bridgehead atoms. The van der Waals surface area contributed by atoms with Crippen molar-refractivity contribution in [3.8, 4) is 0 Å². The molecule has 0 aromatic heterocycles. The molecule has 0 saturated carbocycles. The highest BCUT2D eigenvalue weighted by Gasteiger charge is 2.36. The summed E-state index contributed by atoms with van der Waals surface area (Å²) in [5, 5.41) is 0.292. The van der Waals surface area contributed by atoms with Gasteiger partial charge in [-0.1, -0.05) is 15.9 Å². The molecule has 2 amide bonds. The summed E-state index contributed by atoms with van der Waals surface area (Å²) in [4.78, 5) is 27.5. The minimum atomic E-state index is -0.252. The standard InChI is InChI=1S/C11H17BrN2O3/c12-8-10(15)14-3-1-2-9(14)11(16)13-4-6-17-7-5-13/h9H,1-8H2/t9-/m1/s1. The van der Waals surface area contributed by atoms with Gasteiger partial charge in [-0.05, 0) is 12.8 Å². The first-order chi connectivity index (χ1) is 8.24. The maximum atomic E-state index is 12.3. The van der Waals surface area contributed by atoms with Crippen molar-refractivity contribution in [2.24, 2.45) is 0 Å². The number of halogens is 1. The molecule has 0 unspecified atom stereocenters. The summed E-state index contributed by atoms with van der Waals surface area (Å²) in [6.07, 6.45) is 1.70. The molecule has 96 valence electrons. The Kier molecular flexibility index (Phi) is 4.39. The van der Waals surface area contributed by atoms with Gasteiger partial charge < -0.3 is 14.5 Å². The first-order valence-electron chi connectivity index (χ1n) is 5.96. The zero-order valence-corrected chi connectivity index (χ0v) is 11.3. The van der Waals surface area contributed by atoms with Crippen molar-refractivity contribution in [3.63, 3.8) is 0 Å². The summed E-state index contributed by atoms with van der Waals surface area (Å²) in [5.74, 6) is 0.0919. The largest absolute Gasteiger partial charge is 0.378 e. The fraction of sp³-hybridized carbons (Fsp3) is 0.818. The Morgan fingerprint density at radius 2 is 1.94 bits per heavy atom. The van der Waals surface area contributed by atoms with E-state index in [0.717, 1.165) is 12.8 Å². The Hall–Kier alpha value is -0.620. The van der Waals surface area contributed by atoms with Gasteiger partial charge in [0, 0.05) is 19.6 Å². The fourth-order valence-electron chi connectivity index (χ4n) is 2.39. The first kappa shape index (κ1) is 12.8. The smallest absolute Gasteiger partial charge is 0.245 e.